The zero-order valence-electron chi connectivity index (χ0n) is 25.9. The molecular weight excluding hydrogens is 606 g/mol. The Hall–Kier alpha value is -4.14. The molecule has 0 aliphatic rings. The Kier molecular flexibility index (Phi) is 11.8. The highest BCUT2D eigenvalue weighted by Crippen LogP contribution is 2.29. The number of anilines is 1. The van der Waals surface area contributed by atoms with Gasteiger partial charge in [-0.3, -0.25) is 13.9 Å². The molecule has 0 aromatic heterocycles. The summed E-state index contributed by atoms with van der Waals surface area (Å²) in [6.45, 7) is 5.84. The van der Waals surface area contributed by atoms with Gasteiger partial charge in [-0.05, 0) is 72.9 Å². The molecular formula is C36H40ClN3O4S. The van der Waals surface area contributed by atoms with E-state index in [0.717, 1.165) is 33.8 Å². The van der Waals surface area contributed by atoms with Crippen molar-refractivity contribution in [2.75, 3.05) is 17.4 Å². The summed E-state index contributed by atoms with van der Waals surface area (Å²) in [6, 6.07) is 29.2. The molecule has 0 saturated carbocycles. The predicted molar refractivity (Wildman–Crippen MR) is 181 cm³/mol. The maximum atomic E-state index is 14.6. The van der Waals surface area contributed by atoms with Crippen LogP contribution in [0.15, 0.2) is 108 Å². The Balaban J connectivity index is 1.81. The lowest BCUT2D eigenvalue weighted by atomic mass is 10.0. The predicted octanol–water partition coefficient (Wildman–Crippen LogP) is 6.71. The SMILES string of the molecule is CCCCNC(=O)C(Cc1ccccc1)N(Cc1ccccc1C)C(=O)CN(c1ccc(Cl)cc1C)S(=O)(=O)c1ccccc1. The zero-order valence-corrected chi connectivity index (χ0v) is 27.5. The fraction of sp³-hybridized carbons (Fsp3) is 0.278. The van der Waals surface area contributed by atoms with Crippen LogP contribution >= 0.6 is 11.6 Å². The molecule has 0 bridgehead atoms. The maximum absolute atomic E-state index is 14.6. The summed E-state index contributed by atoms with van der Waals surface area (Å²) in [6.07, 6.45) is 1.97. The average molecular weight is 646 g/mol. The van der Waals surface area contributed by atoms with Crippen LogP contribution in [0.4, 0.5) is 5.69 Å². The number of rotatable bonds is 14. The van der Waals surface area contributed by atoms with Crippen molar-refractivity contribution in [3.8, 4) is 0 Å². The monoisotopic (exact) mass is 645 g/mol. The summed E-state index contributed by atoms with van der Waals surface area (Å²) in [7, 11) is -4.18. The van der Waals surface area contributed by atoms with E-state index in [1.165, 1.54) is 17.0 Å². The van der Waals surface area contributed by atoms with Gasteiger partial charge in [0.2, 0.25) is 11.8 Å². The van der Waals surface area contributed by atoms with Gasteiger partial charge in [-0.15, -0.1) is 0 Å². The number of aryl methyl sites for hydroxylation is 2. The van der Waals surface area contributed by atoms with Crippen molar-refractivity contribution in [3.05, 3.63) is 130 Å². The van der Waals surface area contributed by atoms with Crippen LogP contribution in [0.25, 0.3) is 0 Å². The number of halogens is 1. The molecule has 1 N–H and O–H groups in total. The first-order valence-corrected chi connectivity index (χ1v) is 16.9. The van der Waals surface area contributed by atoms with Crippen molar-refractivity contribution >= 4 is 39.1 Å². The van der Waals surface area contributed by atoms with Crippen molar-refractivity contribution in [2.24, 2.45) is 0 Å². The van der Waals surface area contributed by atoms with Gasteiger partial charge in [0, 0.05) is 24.5 Å². The van der Waals surface area contributed by atoms with E-state index in [2.05, 4.69) is 5.32 Å². The molecule has 4 rings (SSSR count). The lowest BCUT2D eigenvalue weighted by Gasteiger charge is -2.34. The van der Waals surface area contributed by atoms with Gasteiger partial charge in [0.25, 0.3) is 10.0 Å². The molecule has 0 aliphatic carbocycles. The summed E-state index contributed by atoms with van der Waals surface area (Å²) in [5.41, 5.74) is 3.64. The average Bonchev–Trinajstić information content (AvgIpc) is 3.03. The Morgan fingerprint density at radius 3 is 2.13 bits per heavy atom. The number of benzene rings is 4. The molecule has 0 fully saturated rings. The van der Waals surface area contributed by atoms with E-state index in [1.807, 2.05) is 68.4 Å². The molecule has 4 aromatic rings. The molecule has 0 spiro atoms. The molecule has 0 heterocycles. The van der Waals surface area contributed by atoms with Crippen molar-refractivity contribution in [1.29, 1.82) is 0 Å². The van der Waals surface area contributed by atoms with Gasteiger partial charge < -0.3 is 10.2 Å². The molecule has 1 atom stereocenters. The third-order valence-electron chi connectivity index (χ3n) is 7.74. The Morgan fingerprint density at radius 1 is 0.844 bits per heavy atom. The molecule has 7 nitrogen and oxygen atoms in total. The van der Waals surface area contributed by atoms with E-state index >= 15 is 0 Å². The Labute approximate surface area is 271 Å². The highest BCUT2D eigenvalue weighted by Gasteiger charge is 2.35. The largest absolute Gasteiger partial charge is 0.354 e. The van der Waals surface area contributed by atoms with Crippen LogP contribution in [-0.4, -0.2) is 44.3 Å². The second-order valence-corrected chi connectivity index (χ2v) is 13.4. The molecule has 1 unspecified atom stereocenters. The van der Waals surface area contributed by atoms with Crippen molar-refractivity contribution < 1.29 is 18.0 Å². The standard InChI is InChI=1S/C36H40ClN3O4S/c1-4-5-22-38-36(42)34(24-29-15-8-6-9-16-29)39(25-30-17-13-12-14-27(30)2)35(41)26-40(33-21-20-31(37)23-28(33)3)45(43,44)32-18-10-7-11-19-32/h6-21,23,34H,4-5,22,24-26H2,1-3H3,(H,38,42). The van der Waals surface area contributed by atoms with Crippen LogP contribution in [0.5, 0.6) is 0 Å². The molecule has 0 aliphatic heterocycles. The highest BCUT2D eigenvalue weighted by molar-refractivity contribution is 7.92. The van der Waals surface area contributed by atoms with Gasteiger partial charge in [-0.25, -0.2) is 8.42 Å². The van der Waals surface area contributed by atoms with Gasteiger partial charge in [-0.1, -0.05) is 97.7 Å². The Morgan fingerprint density at radius 2 is 1.49 bits per heavy atom. The first-order valence-electron chi connectivity index (χ1n) is 15.1. The van der Waals surface area contributed by atoms with E-state index < -0.39 is 28.5 Å². The summed E-state index contributed by atoms with van der Waals surface area (Å²) in [4.78, 5) is 30.0. The number of nitrogens with one attached hydrogen (secondary N) is 1. The second-order valence-electron chi connectivity index (χ2n) is 11.1. The molecule has 45 heavy (non-hydrogen) atoms. The lowest BCUT2D eigenvalue weighted by molar-refractivity contribution is -0.140. The van der Waals surface area contributed by atoms with Crippen LogP contribution in [0.1, 0.15) is 42.0 Å². The number of carbonyl (C=O) groups excluding carboxylic acids is 2. The fourth-order valence-corrected chi connectivity index (χ4v) is 6.89. The van der Waals surface area contributed by atoms with Gasteiger partial charge in [0.15, 0.2) is 0 Å². The molecule has 0 radical (unpaired) electrons. The highest BCUT2D eigenvalue weighted by atomic mass is 35.5. The number of hydrogen-bond acceptors (Lipinski definition) is 4. The fourth-order valence-electron chi connectivity index (χ4n) is 5.16. The van der Waals surface area contributed by atoms with Crippen molar-refractivity contribution in [3.63, 3.8) is 0 Å². The zero-order chi connectivity index (χ0) is 32.4. The van der Waals surface area contributed by atoms with Gasteiger partial charge in [0.05, 0.1) is 10.6 Å². The minimum atomic E-state index is -4.18. The van der Waals surface area contributed by atoms with Crippen LogP contribution in [0, 0.1) is 13.8 Å². The maximum Gasteiger partial charge on any atom is 0.264 e. The van der Waals surface area contributed by atoms with Crippen LogP contribution < -0.4 is 9.62 Å². The first kappa shape index (κ1) is 33.7. The van der Waals surface area contributed by atoms with E-state index in [9.17, 15) is 18.0 Å². The number of hydrogen-bond donors (Lipinski definition) is 1. The molecule has 4 aromatic carbocycles. The first-order chi connectivity index (χ1) is 21.6. The molecule has 236 valence electrons. The minimum Gasteiger partial charge on any atom is -0.354 e. The Bertz CT molecular complexity index is 1700. The molecule has 2 amide bonds. The number of unbranched alkanes of at least 4 members (excludes halogenated alkanes) is 1. The summed E-state index contributed by atoms with van der Waals surface area (Å²) >= 11 is 6.23. The number of sulfonamides is 1. The van der Waals surface area contributed by atoms with E-state index in [0.29, 0.717) is 22.8 Å². The minimum absolute atomic E-state index is 0.0516. The molecule has 0 saturated heterocycles. The summed E-state index contributed by atoms with van der Waals surface area (Å²) in [5, 5.41) is 3.47. The normalized spacial score (nSPS) is 11.9. The van der Waals surface area contributed by atoms with E-state index in [4.69, 9.17) is 11.6 Å². The number of nitrogens with zero attached hydrogens (tertiary/aromatic N) is 2. The van der Waals surface area contributed by atoms with Gasteiger partial charge in [0.1, 0.15) is 12.6 Å². The van der Waals surface area contributed by atoms with E-state index in [-0.39, 0.29) is 23.8 Å². The van der Waals surface area contributed by atoms with Crippen molar-refractivity contribution in [1.82, 2.24) is 10.2 Å². The topological polar surface area (TPSA) is 86.8 Å². The third-order valence-corrected chi connectivity index (χ3v) is 9.75. The van der Waals surface area contributed by atoms with Gasteiger partial charge >= 0.3 is 0 Å². The van der Waals surface area contributed by atoms with Crippen molar-refractivity contribution in [2.45, 2.75) is 57.5 Å². The summed E-state index contributed by atoms with van der Waals surface area (Å²) in [5.74, 6) is -0.784. The van der Waals surface area contributed by atoms with Crippen LogP contribution in [0.3, 0.4) is 0 Å². The second kappa shape index (κ2) is 15.7. The van der Waals surface area contributed by atoms with Gasteiger partial charge in [-0.2, -0.15) is 0 Å². The molecule has 9 heteroatoms. The van der Waals surface area contributed by atoms with Crippen LogP contribution in [0.2, 0.25) is 5.02 Å². The number of amides is 2. The smallest absolute Gasteiger partial charge is 0.264 e. The quantitative estimate of drug-likeness (QED) is 0.155. The number of carbonyl (C=O) groups is 2. The summed E-state index contributed by atoms with van der Waals surface area (Å²) < 4.78 is 29.4. The van der Waals surface area contributed by atoms with Crippen LogP contribution in [-0.2, 0) is 32.6 Å². The van der Waals surface area contributed by atoms with E-state index in [1.54, 1.807) is 43.3 Å². The third kappa shape index (κ3) is 8.74. The lowest BCUT2D eigenvalue weighted by Crippen LogP contribution is -2.53.